The number of thiophene rings is 1. The molecule has 4 rings (SSSR count). The summed E-state index contributed by atoms with van der Waals surface area (Å²) in [5.74, 6) is 0.692. The minimum absolute atomic E-state index is 0.328. The smallest absolute Gasteiger partial charge is 0.225 e. The summed E-state index contributed by atoms with van der Waals surface area (Å²) in [7, 11) is 1.99. The van der Waals surface area contributed by atoms with Gasteiger partial charge in [0.2, 0.25) is 5.91 Å². The molecule has 4 nitrogen and oxygen atoms in total. The van der Waals surface area contributed by atoms with E-state index in [9.17, 15) is 4.79 Å². The Labute approximate surface area is 134 Å². The van der Waals surface area contributed by atoms with Gasteiger partial charge in [-0.15, -0.1) is 11.3 Å². The molecule has 0 bridgehead atoms. The molecule has 5 heteroatoms. The summed E-state index contributed by atoms with van der Waals surface area (Å²) in [6.45, 7) is 2.04. The molecule has 116 valence electrons. The first-order valence-corrected chi connectivity index (χ1v) is 8.96. The standard InChI is InChI=1S/C17H21N3OS/c1-19(17(21)12-2-3-12)13-5-9-20(10-6-13)15-4-8-18-14-7-11-22-16(14)15/h4,7-8,11-13H,2-3,5-6,9-10H2,1H3. The molecule has 2 fully saturated rings. The number of carbonyl (C=O) groups is 1. The van der Waals surface area contributed by atoms with E-state index in [2.05, 4.69) is 27.4 Å². The van der Waals surface area contributed by atoms with Gasteiger partial charge in [0.1, 0.15) is 0 Å². The highest BCUT2D eigenvalue weighted by atomic mass is 32.1. The van der Waals surface area contributed by atoms with E-state index in [1.165, 1.54) is 10.4 Å². The Morgan fingerprint density at radius 3 is 2.77 bits per heavy atom. The number of fused-ring (bicyclic) bond motifs is 1. The van der Waals surface area contributed by atoms with Gasteiger partial charge in [-0.25, -0.2) is 0 Å². The van der Waals surface area contributed by atoms with Crippen molar-refractivity contribution in [3.05, 3.63) is 23.7 Å². The number of amides is 1. The molecule has 1 amide bonds. The second kappa shape index (κ2) is 5.54. The zero-order valence-corrected chi connectivity index (χ0v) is 13.7. The topological polar surface area (TPSA) is 36.4 Å². The zero-order chi connectivity index (χ0) is 15.1. The summed E-state index contributed by atoms with van der Waals surface area (Å²) < 4.78 is 1.28. The molecule has 1 aliphatic carbocycles. The van der Waals surface area contributed by atoms with Crippen molar-refractivity contribution in [2.24, 2.45) is 5.92 Å². The van der Waals surface area contributed by atoms with Crippen LogP contribution >= 0.6 is 11.3 Å². The van der Waals surface area contributed by atoms with Crippen LogP contribution in [-0.4, -0.2) is 42.0 Å². The molecule has 1 aliphatic heterocycles. The van der Waals surface area contributed by atoms with Gasteiger partial charge in [-0.3, -0.25) is 9.78 Å². The zero-order valence-electron chi connectivity index (χ0n) is 12.9. The predicted octanol–water partition coefficient (Wildman–Crippen LogP) is 3.13. The Morgan fingerprint density at radius 1 is 1.27 bits per heavy atom. The third kappa shape index (κ3) is 2.47. The monoisotopic (exact) mass is 315 g/mol. The molecule has 3 heterocycles. The van der Waals surface area contributed by atoms with Crippen LogP contribution in [0.3, 0.4) is 0 Å². The lowest BCUT2D eigenvalue weighted by Crippen LogP contribution is -2.46. The highest BCUT2D eigenvalue weighted by Crippen LogP contribution is 2.34. The number of hydrogen-bond donors (Lipinski definition) is 0. The van der Waals surface area contributed by atoms with Crippen molar-refractivity contribution in [2.75, 3.05) is 25.0 Å². The highest BCUT2D eigenvalue weighted by molar-refractivity contribution is 7.17. The molecular weight excluding hydrogens is 294 g/mol. The third-order valence-electron chi connectivity index (χ3n) is 4.95. The minimum Gasteiger partial charge on any atom is -0.370 e. The average Bonchev–Trinajstić information content (AvgIpc) is 3.30. The van der Waals surface area contributed by atoms with Crippen molar-refractivity contribution in [3.8, 4) is 0 Å². The molecule has 2 aromatic rings. The fourth-order valence-electron chi connectivity index (χ4n) is 3.40. The van der Waals surface area contributed by atoms with Crippen molar-refractivity contribution in [2.45, 2.75) is 31.7 Å². The summed E-state index contributed by atoms with van der Waals surface area (Å²) in [5, 5.41) is 2.11. The SMILES string of the molecule is CN(C(=O)C1CC1)C1CCN(c2ccnc3ccsc23)CC1. The van der Waals surface area contributed by atoms with Gasteiger partial charge in [-0.2, -0.15) is 0 Å². The summed E-state index contributed by atoms with van der Waals surface area (Å²) in [6.07, 6.45) is 6.21. The molecule has 0 aromatic carbocycles. The quantitative estimate of drug-likeness (QED) is 0.873. The van der Waals surface area contributed by atoms with Crippen LogP contribution in [0.5, 0.6) is 0 Å². The predicted molar refractivity (Wildman–Crippen MR) is 90.3 cm³/mol. The molecule has 1 saturated heterocycles. The van der Waals surface area contributed by atoms with Gasteiger partial charge in [-0.1, -0.05) is 0 Å². The Kier molecular flexibility index (Phi) is 3.53. The van der Waals surface area contributed by atoms with Crippen molar-refractivity contribution in [1.82, 2.24) is 9.88 Å². The van der Waals surface area contributed by atoms with Crippen LogP contribution in [0.25, 0.3) is 10.2 Å². The molecule has 0 atom stereocenters. The van der Waals surface area contributed by atoms with Crippen molar-refractivity contribution < 1.29 is 4.79 Å². The Hall–Kier alpha value is -1.62. The first-order chi connectivity index (χ1) is 10.7. The van der Waals surface area contributed by atoms with Gasteiger partial charge in [0.15, 0.2) is 0 Å². The van der Waals surface area contributed by atoms with Gasteiger partial charge in [0.05, 0.1) is 15.9 Å². The van der Waals surface area contributed by atoms with Gasteiger partial charge < -0.3 is 9.80 Å². The fourth-order valence-corrected chi connectivity index (χ4v) is 4.29. The number of piperidine rings is 1. The minimum atomic E-state index is 0.328. The van der Waals surface area contributed by atoms with E-state index < -0.39 is 0 Å². The lowest BCUT2D eigenvalue weighted by molar-refractivity contribution is -0.133. The number of hydrogen-bond acceptors (Lipinski definition) is 4. The summed E-state index contributed by atoms with van der Waals surface area (Å²) in [5.41, 5.74) is 2.39. The summed E-state index contributed by atoms with van der Waals surface area (Å²) in [4.78, 5) is 21.1. The van der Waals surface area contributed by atoms with Crippen LogP contribution in [0, 0.1) is 5.92 Å². The number of pyridine rings is 1. The molecular formula is C17H21N3OS. The first kappa shape index (κ1) is 14.0. The number of anilines is 1. The Morgan fingerprint density at radius 2 is 2.05 bits per heavy atom. The molecule has 22 heavy (non-hydrogen) atoms. The van der Waals surface area contributed by atoms with E-state index in [4.69, 9.17) is 0 Å². The number of nitrogens with zero attached hydrogens (tertiary/aromatic N) is 3. The van der Waals surface area contributed by atoms with Crippen molar-refractivity contribution in [3.63, 3.8) is 0 Å². The van der Waals surface area contributed by atoms with E-state index >= 15 is 0 Å². The average molecular weight is 315 g/mol. The lowest BCUT2D eigenvalue weighted by atomic mass is 10.0. The number of rotatable bonds is 3. The number of carbonyl (C=O) groups excluding carboxylic acids is 1. The van der Waals surface area contributed by atoms with Gasteiger partial charge in [0, 0.05) is 38.3 Å². The molecule has 2 aromatic heterocycles. The summed E-state index contributed by atoms with van der Waals surface area (Å²) in [6, 6.07) is 4.61. The van der Waals surface area contributed by atoms with Gasteiger partial charge in [-0.05, 0) is 43.2 Å². The Bertz CT molecular complexity index is 686. The van der Waals surface area contributed by atoms with Crippen LogP contribution in [-0.2, 0) is 4.79 Å². The van der Waals surface area contributed by atoms with E-state index in [0.717, 1.165) is 44.3 Å². The van der Waals surface area contributed by atoms with E-state index in [1.807, 2.05) is 18.1 Å². The molecule has 0 spiro atoms. The molecule has 0 radical (unpaired) electrons. The maximum absolute atomic E-state index is 12.2. The van der Waals surface area contributed by atoms with Crippen molar-refractivity contribution in [1.29, 1.82) is 0 Å². The van der Waals surface area contributed by atoms with E-state index in [-0.39, 0.29) is 0 Å². The van der Waals surface area contributed by atoms with Crippen LogP contribution in [0.15, 0.2) is 23.7 Å². The molecule has 0 unspecified atom stereocenters. The second-order valence-corrected chi connectivity index (χ2v) is 7.32. The maximum atomic E-state index is 12.2. The molecule has 0 N–H and O–H groups in total. The van der Waals surface area contributed by atoms with E-state index in [1.54, 1.807) is 11.3 Å². The van der Waals surface area contributed by atoms with Crippen LogP contribution in [0.1, 0.15) is 25.7 Å². The van der Waals surface area contributed by atoms with Crippen molar-refractivity contribution >= 4 is 33.1 Å². The Balaban J connectivity index is 1.45. The van der Waals surface area contributed by atoms with Crippen LogP contribution in [0.4, 0.5) is 5.69 Å². The summed E-state index contributed by atoms with van der Waals surface area (Å²) >= 11 is 1.76. The van der Waals surface area contributed by atoms with Gasteiger partial charge in [0.25, 0.3) is 0 Å². The molecule has 1 saturated carbocycles. The van der Waals surface area contributed by atoms with Crippen LogP contribution in [0.2, 0.25) is 0 Å². The normalized spacial score (nSPS) is 19.6. The third-order valence-corrected chi connectivity index (χ3v) is 5.88. The second-order valence-electron chi connectivity index (χ2n) is 6.41. The van der Waals surface area contributed by atoms with Gasteiger partial charge >= 0.3 is 0 Å². The van der Waals surface area contributed by atoms with Crippen LogP contribution < -0.4 is 4.90 Å². The highest BCUT2D eigenvalue weighted by Gasteiger charge is 2.35. The first-order valence-electron chi connectivity index (χ1n) is 8.08. The molecule has 2 aliphatic rings. The maximum Gasteiger partial charge on any atom is 0.225 e. The largest absolute Gasteiger partial charge is 0.370 e. The lowest BCUT2D eigenvalue weighted by Gasteiger charge is -2.38. The van der Waals surface area contributed by atoms with E-state index in [0.29, 0.717) is 17.9 Å². The number of aromatic nitrogens is 1. The fraction of sp³-hybridized carbons (Fsp3) is 0.529.